The Kier molecular flexibility index (Phi) is 5.19. The maximum Gasteiger partial charge on any atom is 0.276 e. The molecular formula is C19H15N3O4. The Morgan fingerprint density at radius 3 is 2.54 bits per heavy atom. The quantitative estimate of drug-likeness (QED) is 0.539. The number of hydrogen-bond acceptors (Lipinski definition) is 5. The molecule has 0 radical (unpaired) electrons. The van der Waals surface area contributed by atoms with Crippen LogP contribution in [0.25, 0.3) is 0 Å². The van der Waals surface area contributed by atoms with Crippen molar-refractivity contribution in [3.63, 3.8) is 0 Å². The van der Waals surface area contributed by atoms with Crippen molar-refractivity contribution in [1.29, 1.82) is 0 Å². The summed E-state index contributed by atoms with van der Waals surface area (Å²) in [5, 5.41) is 13.8. The lowest BCUT2D eigenvalue weighted by atomic mass is 10.2. The summed E-state index contributed by atoms with van der Waals surface area (Å²) >= 11 is 0. The summed E-state index contributed by atoms with van der Waals surface area (Å²) in [6, 6.07) is 18.4. The summed E-state index contributed by atoms with van der Waals surface area (Å²) in [5.41, 5.74) is 1.28. The van der Waals surface area contributed by atoms with Crippen molar-refractivity contribution in [3.8, 4) is 5.88 Å². The van der Waals surface area contributed by atoms with Gasteiger partial charge in [0.1, 0.15) is 12.3 Å². The second kappa shape index (κ2) is 7.89. The summed E-state index contributed by atoms with van der Waals surface area (Å²) in [7, 11) is 0. The lowest BCUT2D eigenvalue weighted by molar-refractivity contribution is -0.385. The van der Waals surface area contributed by atoms with E-state index in [1.807, 2.05) is 6.07 Å². The van der Waals surface area contributed by atoms with Gasteiger partial charge in [0.2, 0.25) is 5.88 Å². The predicted octanol–water partition coefficient (Wildman–Crippen LogP) is 3.82. The lowest BCUT2D eigenvalue weighted by Crippen LogP contribution is -2.13. The lowest BCUT2D eigenvalue weighted by Gasteiger charge is -2.11. The molecule has 3 aromatic rings. The summed E-state index contributed by atoms with van der Waals surface area (Å²) < 4.78 is 5.62. The van der Waals surface area contributed by atoms with Crippen molar-refractivity contribution in [2.24, 2.45) is 0 Å². The number of hydrogen-bond donors (Lipinski definition) is 1. The summed E-state index contributed by atoms with van der Waals surface area (Å²) in [4.78, 5) is 27.0. The van der Waals surface area contributed by atoms with Gasteiger partial charge in [0.25, 0.3) is 11.6 Å². The van der Waals surface area contributed by atoms with Crippen molar-refractivity contribution in [2.45, 2.75) is 6.61 Å². The highest BCUT2D eigenvalue weighted by molar-refractivity contribution is 6.04. The van der Waals surface area contributed by atoms with E-state index in [2.05, 4.69) is 10.3 Å². The second-order valence-electron chi connectivity index (χ2n) is 5.35. The molecule has 1 N–H and O–H groups in total. The van der Waals surface area contributed by atoms with Crippen molar-refractivity contribution >= 4 is 17.3 Å². The molecule has 0 aliphatic carbocycles. The number of nitro groups is 1. The molecular weight excluding hydrogens is 334 g/mol. The number of pyridine rings is 1. The number of benzene rings is 2. The van der Waals surface area contributed by atoms with E-state index in [9.17, 15) is 14.9 Å². The highest BCUT2D eigenvalue weighted by Crippen LogP contribution is 2.24. The van der Waals surface area contributed by atoms with Gasteiger partial charge in [-0.25, -0.2) is 4.98 Å². The van der Waals surface area contributed by atoms with Crippen LogP contribution in [0, 0.1) is 10.1 Å². The van der Waals surface area contributed by atoms with E-state index in [-0.39, 0.29) is 24.1 Å². The minimum absolute atomic E-state index is 0.0293. The van der Waals surface area contributed by atoms with Gasteiger partial charge in [-0.1, -0.05) is 30.3 Å². The summed E-state index contributed by atoms with van der Waals surface area (Å²) in [6.07, 6.45) is 1.52. The molecule has 0 aliphatic rings. The van der Waals surface area contributed by atoms with E-state index >= 15 is 0 Å². The third-order valence-electron chi connectivity index (χ3n) is 3.61. The van der Waals surface area contributed by atoms with Crippen LogP contribution in [0.4, 0.5) is 11.4 Å². The Morgan fingerprint density at radius 1 is 1.04 bits per heavy atom. The third-order valence-corrected chi connectivity index (χ3v) is 3.61. The standard InChI is InChI=1S/C19H15N3O4/c23-18(14-7-2-1-3-8-14)21-16-10-6-12-20-19(16)26-13-15-9-4-5-11-17(15)22(24)25/h1-12H,13H2,(H,21,23). The molecule has 1 aromatic heterocycles. The number of nitro benzene ring substituents is 1. The molecule has 2 aromatic carbocycles. The van der Waals surface area contributed by atoms with Crippen molar-refractivity contribution in [1.82, 2.24) is 4.98 Å². The highest BCUT2D eigenvalue weighted by atomic mass is 16.6. The van der Waals surface area contributed by atoms with E-state index in [0.29, 0.717) is 16.8 Å². The zero-order valence-corrected chi connectivity index (χ0v) is 13.7. The number of rotatable bonds is 6. The Balaban J connectivity index is 1.76. The van der Waals surface area contributed by atoms with Crippen LogP contribution < -0.4 is 10.1 Å². The molecule has 0 atom stereocenters. The molecule has 130 valence electrons. The first-order valence-electron chi connectivity index (χ1n) is 7.81. The third kappa shape index (κ3) is 4.02. The minimum Gasteiger partial charge on any atom is -0.471 e. The van der Waals surface area contributed by atoms with E-state index in [1.54, 1.807) is 54.6 Å². The molecule has 0 unspecified atom stereocenters. The van der Waals surface area contributed by atoms with Crippen LogP contribution in [0.3, 0.4) is 0 Å². The summed E-state index contributed by atoms with van der Waals surface area (Å²) in [5.74, 6) is -0.107. The molecule has 7 heteroatoms. The topological polar surface area (TPSA) is 94.4 Å². The minimum atomic E-state index is -0.463. The Hall–Kier alpha value is -3.74. The average molecular weight is 349 g/mol. The molecule has 1 amide bonds. The number of aromatic nitrogens is 1. The fourth-order valence-electron chi connectivity index (χ4n) is 2.34. The van der Waals surface area contributed by atoms with E-state index < -0.39 is 4.92 Å². The van der Waals surface area contributed by atoms with Crippen LogP contribution >= 0.6 is 0 Å². The monoisotopic (exact) mass is 349 g/mol. The van der Waals surface area contributed by atoms with Crippen LogP contribution in [0.5, 0.6) is 5.88 Å². The van der Waals surface area contributed by atoms with Gasteiger partial charge in [-0.2, -0.15) is 0 Å². The van der Waals surface area contributed by atoms with E-state index in [1.165, 1.54) is 12.3 Å². The fourth-order valence-corrected chi connectivity index (χ4v) is 2.34. The molecule has 0 bridgehead atoms. The van der Waals surface area contributed by atoms with Crippen LogP contribution in [-0.4, -0.2) is 15.8 Å². The number of nitrogens with zero attached hydrogens (tertiary/aromatic N) is 2. The van der Waals surface area contributed by atoms with Gasteiger partial charge in [-0.05, 0) is 30.3 Å². The first-order valence-corrected chi connectivity index (χ1v) is 7.81. The van der Waals surface area contributed by atoms with Crippen LogP contribution in [0.2, 0.25) is 0 Å². The fraction of sp³-hybridized carbons (Fsp3) is 0.0526. The zero-order chi connectivity index (χ0) is 18.4. The number of ether oxygens (including phenoxy) is 1. The van der Waals surface area contributed by atoms with E-state index in [0.717, 1.165) is 0 Å². The van der Waals surface area contributed by atoms with Crippen LogP contribution in [0.1, 0.15) is 15.9 Å². The largest absolute Gasteiger partial charge is 0.471 e. The molecule has 0 saturated carbocycles. The molecule has 0 fully saturated rings. The summed E-state index contributed by atoms with van der Waals surface area (Å²) in [6.45, 7) is -0.0393. The molecule has 3 rings (SSSR count). The smallest absolute Gasteiger partial charge is 0.276 e. The molecule has 0 saturated heterocycles. The van der Waals surface area contributed by atoms with E-state index in [4.69, 9.17) is 4.74 Å². The second-order valence-corrected chi connectivity index (χ2v) is 5.35. The number of anilines is 1. The SMILES string of the molecule is O=C(Nc1cccnc1OCc1ccccc1[N+](=O)[O-])c1ccccc1. The van der Waals surface area contributed by atoms with Gasteiger partial charge >= 0.3 is 0 Å². The first kappa shape index (κ1) is 17.1. The van der Waals surface area contributed by atoms with Gasteiger partial charge in [-0.15, -0.1) is 0 Å². The van der Waals surface area contributed by atoms with Crippen LogP contribution in [-0.2, 0) is 6.61 Å². The maximum absolute atomic E-state index is 12.3. The van der Waals surface area contributed by atoms with Crippen LogP contribution in [0.15, 0.2) is 72.9 Å². The molecule has 26 heavy (non-hydrogen) atoms. The number of amides is 1. The number of carbonyl (C=O) groups is 1. The van der Waals surface area contributed by atoms with Crippen molar-refractivity contribution in [2.75, 3.05) is 5.32 Å². The highest BCUT2D eigenvalue weighted by Gasteiger charge is 2.15. The Morgan fingerprint density at radius 2 is 1.77 bits per heavy atom. The Labute approximate surface area is 149 Å². The predicted molar refractivity (Wildman–Crippen MR) is 96.1 cm³/mol. The molecule has 0 aliphatic heterocycles. The molecule has 7 nitrogen and oxygen atoms in total. The number of carbonyl (C=O) groups excluding carboxylic acids is 1. The normalized spacial score (nSPS) is 10.2. The van der Waals surface area contributed by atoms with Gasteiger partial charge in [0.05, 0.1) is 10.5 Å². The molecule has 1 heterocycles. The number of nitrogens with one attached hydrogen (secondary N) is 1. The van der Waals surface area contributed by atoms with Gasteiger partial charge in [0, 0.05) is 17.8 Å². The average Bonchev–Trinajstić information content (AvgIpc) is 2.68. The number of para-hydroxylation sites is 1. The van der Waals surface area contributed by atoms with Gasteiger partial charge in [-0.3, -0.25) is 14.9 Å². The Bertz CT molecular complexity index is 929. The maximum atomic E-state index is 12.3. The first-order chi connectivity index (χ1) is 12.6. The van der Waals surface area contributed by atoms with Gasteiger partial charge in [0.15, 0.2) is 0 Å². The van der Waals surface area contributed by atoms with Crippen molar-refractivity contribution < 1.29 is 14.5 Å². The van der Waals surface area contributed by atoms with Crippen molar-refractivity contribution in [3.05, 3.63) is 94.2 Å². The van der Waals surface area contributed by atoms with Gasteiger partial charge < -0.3 is 10.1 Å². The zero-order valence-electron chi connectivity index (χ0n) is 13.7. The molecule has 0 spiro atoms.